The van der Waals surface area contributed by atoms with Gasteiger partial charge in [0.2, 0.25) is 0 Å². The summed E-state index contributed by atoms with van der Waals surface area (Å²) in [4.78, 5) is 0. The van der Waals surface area contributed by atoms with Crippen molar-refractivity contribution in [2.24, 2.45) is 0 Å². The highest BCUT2D eigenvalue weighted by Crippen LogP contribution is 2.52. The van der Waals surface area contributed by atoms with Crippen molar-refractivity contribution in [3.63, 3.8) is 0 Å². The lowest BCUT2D eigenvalue weighted by Crippen LogP contribution is -2.17. The number of ether oxygens (including phenoxy) is 1. The van der Waals surface area contributed by atoms with Crippen LogP contribution in [0.3, 0.4) is 0 Å². The molecule has 0 bridgehead atoms. The molecule has 2 atom stereocenters. The Morgan fingerprint density at radius 2 is 0.927 bits per heavy atom. The molecule has 0 amide bonds. The molecular formula is C54H32O. The van der Waals surface area contributed by atoms with Crippen LogP contribution in [-0.2, 0) is 0 Å². The van der Waals surface area contributed by atoms with Gasteiger partial charge in [-0.3, -0.25) is 0 Å². The summed E-state index contributed by atoms with van der Waals surface area (Å²) in [5.74, 6) is 1.07. The van der Waals surface area contributed by atoms with Crippen LogP contribution in [0.15, 0.2) is 182 Å². The molecule has 1 heteroatoms. The van der Waals surface area contributed by atoms with Crippen LogP contribution >= 0.6 is 0 Å². The second-order valence-corrected chi connectivity index (χ2v) is 15.5. The van der Waals surface area contributed by atoms with E-state index in [2.05, 4.69) is 182 Å². The largest absolute Gasteiger partial charge is 0.484 e. The van der Waals surface area contributed by atoms with Crippen LogP contribution in [0, 0.1) is 0 Å². The maximum absolute atomic E-state index is 7.01. The molecule has 55 heavy (non-hydrogen) atoms. The highest BCUT2D eigenvalue weighted by molar-refractivity contribution is 6.26. The Labute approximate surface area is 317 Å². The quantitative estimate of drug-likeness (QED) is 0.167. The minimum atomic E-state index is -0.0747. The third kappa shape index (κ3) is 4.13. The van der Waals surface area contributed by atoms with Gasteiger partial charge in [-0.05, 0) is 128 Å². The van der Waals surface area contributed by atoms with E-state index >= 15 is 0 Å². The molecule has 2 aliphatic rings. The molecule has 0 saturated carbocycles. The van der Waals surface area contributed by atoms with Gasteiger partial charge in [0.05, 0.1) is 0 Å². The van der Waals surface area contributed by atoms with E-state index < -0.39 is 0 Å². The maximum atomic E-state index is 7.01. The van der Waals surface area contributed by atoms with E-state index in [-0.39, 0.29) is 12.0 Å². The molecule has 1 heterocycles. The Morgan fingerprint density at radius 3 is 1.62 bits per heavy atom. The standard InChI is InChI=1S/C54H32O/c1-2-6-38-27-39(16-11-31(38)5-1)46-29-41(43-23-18-37-15-13-33-8-4-10-35-20-25-45(43)53(37)51(33)35)30-48-47-28-40(21-26-49(47)55-54(46)48)42-22-17-36-14-12-32-7-3-9-34-19-24-44(42)52(36)50(32)34/h1-30,47,49H. The average molecular weight is 697 g/mol. The smallest absolute Gasteiger partial charge is 0.132 e. The van der Waals surface area contributed by atoms with E-state index in [9.17, 15) is 0 Å². The summed E-state index contributed by atoms with van der Waals surface area (Å²) in [7, 11) is 0. The van der Waals surface area contributed by atoms with Crippen LogP contribution in [-0.4, -0.2) is 6.10 Å². The zero-order chi connectivity index (χ0) is 35.8. The number of hydrogen-bond donors (Lipinski definition) is 0. The summed E-state index contributed by atoms with van der Waals surface area (Å²) >= 11 is 0. The first kappa shape index (κ1) is 29.5. The van der Waals surface area contributed by atoms with Gasteiger partial charge in [0.25, 0.3) is 0 Å². The molecule has 0 saturated heterocycles. The van der Waals surface area contributed by atoms with E-state index in [1.807, 2.05) is 0 Å². The zero-order valence-electron chi connectivity index (χ0n) is 29.9. The first-order valence-corrected chi connectivity index (χ1v) is 19.3. The Kier molecular flexibility index (Phi) is 5.80. The highest BCUT2D eigenvalue weighted by atomic mass is 16.5. The molecule has 0 radical (unpaired) electrons. The van der Waals surface area contributed by atoms with Crippen molar-refractivity contribution in [2.45, 2.75) is 12.0 Å². The van der Waals surface area contributed by atoms with E-state index in [0.717, 1.165) is 11.3 Å². The Morgan fingerprint density at radius 1 is 0.382 bits per heavy atom. The molecule has 0 N–H and O–H groups in total. The molecular weight excluding hydrogens is 665 g/mol. The Bertz CT molecular complexity index is 3440. The van der Waals surface area contributed by atoms with Crippen LogP contribution < -0.4 is 4.74 Å². The van der Waals surface area contributed by atoms with E-state index in [0.29, 0.717) is 0 Å². The Balaban J connectivity index is 1.04. The van der Waals surface area contributed by atoms with Crippen molar-refractivity contribution in [3.8, 4) is 28.0 Å². The normalized spacial score (nSPS) is 16.5. The minimum absolute atomic E-state index is 0.0747. The van der Waals surface area contributed by atoms with Crippen molar-refractivity contribution in [2.75, 3.05) is 0 Å². The predicted octanol–water partition coefficient (Wildman–Crippen LogP) is 14.5. The summed E-state index contributed by atoms with van der Waals surface area (Å²) in [6.45, 7) is 0. The van der Waals surface area contributed by atoms with Crippen LogP contribution in [0.5, 0.6) is 5.75 Å². The fourth-order valence-corrected chi connectivity index (χ4v) is 10.1. The SMILES string of the molecule is C1=CC2Oc3c(-c4ccc5ccccc5c4)cc(-c4ccc5ccc6cccc7ccc4c5c67)cc3C2C=C1c1ccc2ccc3cccc4ccc1c2c34. The zero-order valence-corrected chi connectivity index (χ0v) is 29.9. The van der Waals surface area contributed by atoms with Gasteiger partial charge < -0.3 is 4.74 Å². The van der Waals surface area contributed by atoms with Gasteiger partial charge in [-0.2, -0.15) is 0 Å². The number of fused-ring (bicyclic) bond motifs is 4. The number of benzene rings is 11. The lowest BCUT2D eigenvalue weighted by molar-refractivity contribution is 0.270. The third-order valence-corrected chi connectivity index (χ3v) is 12.6. The van der Waals surface area contributed by atoms with Gasteiger partial charge >= 0.3 is 0 Å². The second-order valence-electron chi connectivity index (χ2n) is 15.5. The van der Waals surface area contributed by atoms with E-state index in [1.54, 1.807) is 0 Å². The third-order valence-electron chi connectivity index (χ3n) is 12.6. The molecule has 2 unspecified atom stereocenters. The topological polar surface area (TPSA) is 9.23 Å². The summed E-state index contributed by atoms with van der Waals surface area (Å²) in [6.07, 6.45) is 6.98. The van der Waals surface area contributed by atoms with Crippen LogP contribution in [0.2, 0.25) is 0 Å². The maximum Gasteiger partial charge on any atom is 0.132 e. The van der Waals surface area contributed by atoms with Crippen molar-refractivity contribution in [3.05, 3.63) is 193 Å². The molecule has 0 spiro atoms. The molecule has 1 aliphatic carbocycles. The van der Waals surface area contributed by atoms with Crippen LogP contribution in [0.1, 0.15) is 17.0 Å². The molecule has 0 fully saturated rings. The van der Waals surface area contributed by atoms with Crippen molar-refractivity contribution < 1.29 is 4.74 Å². The summed E-state index contributed by atoms with van der Waals surface area (Å²) in [5, 5.41) is 18.2. The lowest BCUT2D eigenvalue weighted by Gasteiger charge is -2.21. The Hall–Kier alpha value is -6.96. The molecule has 254 valence electrons. The number of allylic oxidation sites excluding steroid dienone is 2. The average Bonchev–Trinajstić information content (AvgIpc) is 3.62. The van der Waals surface area contributed by atoms with Crippen molar-refractivity contribution in [1.82, 2.24) is 0 Å². The van der Waals surface area contributed by atoms with E-state index in [1.165, 1.54) is 109 Å². The van der Waals surface area contributed by atoms with Crippen molar-refractivity contribution in [1.29, 1.82) is 0 Å². The first-order valence-electron chi connectivity index (χ1n) is 19.3. The van der Waals surface area contributed by atoms with Crippen LogP contribution in [0.4, 0.5) is 0 Å². The fourth-order valence-electron chi connectivity index (χ4n) is 10.1. The molecule has 13 rings (SSSR count). The lowest BCUT2D eigenvalue weighted by atomic mass is 9.82. The van der Waals surface area contributed by atoms with Crippen LogP contribution in [0.25, 0.3) is 103 Å². The minimum Gasteiger partial charge on any atom is -0.484 e. The fraction of sp³-hybridized carbons (Fsp3) is 0.0370. The molecule has 11 aromatic carbocycles. The second kappa shape index (κ2) is 10.8. The van der Waals surface area contributed by atoms with Gasteiger partial charge in [0.15, 0.2) is 0 Å². The first-order chi connectivity index (χ1) is 27.2. The van der Waals surface area contributed by atoms with Gasteiger partial charge in [-0.25, -0.2) is 0 Å². The summed E-state index contributed by atoms with van der Waals surface area (Å²) in [5.41, 5.74) is 8.55. The van der Waals surface area contributed by atoms with Gasteiger partial charge in [-0.1, -0.05) is 158 Å². The summed E-state index contributed by atoms with van der Waals surface area (Å²) in [6, 6.07) is 61.1. The highest BCUT2D eigenvalue weighted by Gasteiger charge is 2.36. The molecule has 0 aromatic heterocycles. The molecule has 1 aliphatic heterocycles. The van der Waals surface area contributed by atoms with Crippen molar-refractivity contribution >= 4 is 81.0 Å². The predicted molar refractivity (Wildman–Crippen MR) is 233 cm³/mol. The van der Waals surface area contributed by atoms with Gasteiger partial charge in [0, 0.05) is 17.0 Å². The number of hydrogen-bond acceptors (Lipinski definition) is 1. The van der Waals surface area contributed by atoms with Gasteiger partial charge in [0.1, 0.15) is 11.9 Å². The van der Waals surface area contributed by atoms with E-state index in [4.69, 9.17) is 4.74 Å². The summed E-state index contributed by atoms with van der Waals surface area (Å²) < 4.78 is 7.01. The van der Waals surface area contributed by atoms with Gasteiger partial charge in [-0.15, -0.1) is 0 Å². The monoisotopic (exact) mass is 696 g/mol. The molecule has 1 nitrogen and oxygen atoms in total. The number of rotatable bonds is 3. The molecule has 11 aromatic rings.